The first-order valence-electron chi connectivity index (χ1n) is 5.85. The average Bonchev–Trinajstić information content (AvgIpc) is 2.55. The molecule has 1 fully saturated rings. The Morgan fingerprint density at radius 1 is 1.53 bits per heavy atom. The van der Waals surface area contributed by atoms with Gasteiger partial charge >= 0.3 is 0 Å². The molecule has 2 rings (SSSR count). The summed E-state index contributed by atoms with van der Waals surface area (Å²) in [5.74, 6) is -0.0157. The van der Waals surface area contributed by atoms with Gasteiger partial charge in [-0.05, 0) is 25.3 Å². The molecule has 1 aliphatic rings. The molecule has 1 aromatic heterocycles. The van der Waals surface area contributed by atoms with E-state index < -0.39 is 9.84 Å². The van der Waals surface area contributed by atoms with Crippen molar-refractivity contribution in [3.8, 4) is 0 Å². The van der Waals surface area contributed by atoms with Gasteiger partial charge in [-0.2, -0.15) is 0 Å². The van der Waals surface area contributed by atoms with Crippen LogP contribution in [0.4, 0.5) is 5.95 Å². The monoisotopic (exact) mass is 303 g/mol. The van der Waals surface area contributed by atoms with E-state index in [0.29, 0.717) is 12.1 Å². The molecule has 104 valence electrons. The van der Waals surface area contributed by atoms with Gasteiger partial charge in [-0.3, -0.25) is 10.1 Å². The summed E-state index contributed by atoms with van der Waals surface area (Å²) in [6.07, 6.45) is 0.694. The maximum Gasteiger partial charge on any atom is 0.231 e. The van der Waals surface area contributed by atoms with Crippen LogP contribution in [0.3, 0.4) is 0 Å². The van der Waals surface area contributed by atoms with Crippen LogP contribution in [0.2, 0.25) is 5.15 Å². The van der Waals surface area contributed by atoms with Gasteiger partial charge < -0.3 is 0 Å². The summed E-state index contributed by atoms with van der Waals surface area (Å²) in [5, 5.41) is 2.79. The summed E-state index contributed by atoms with van der Waals surface area (Å²) in [4.78, 5) is 19.7. The fraction of sp³-hybridized carbons (Fsp3) is 0.545. The van der Waals surface area contributed by atoms with Crippen molar-refractivity contribution in [2.45, 2.75) is 19.8 Å². The lowest BCUT2D eigenvalue weighted by Gasteiger charge is -2.08. The number of carbonyl (C=O) groups excluding carboxylic acids is 1. The van der Waals surface area contributed by atoms with E-state index in [1.807, 2.05) is 0 Å². The first-order valence-corrected chi connectivity index (χ1v) is 8.05. The molecule has 1 N–H and O–H groups in total. The van der Waals surface area contributed by atoms with E-state index in [2.05, 4.69) is 15.3 Å². The van der Waals surface area contributed by atoms with Crippen LogP contribution in [0.15, 0.2) is 6.07 Å². The summed E-state index contributed by atoms with van der Waals surface area (Å²) in [5.41, 5.74) is 0.652. The highest BCUT2D eigenvalue weighted by Gasteiger charge is 2.29. The van der Waals surface area contributed by atoms with E-state index >= 15 is 0 Å². The molecular weight excluding hydrogens is 290 g/mol. The minimum absolute atomic E-state index is 0.0792. The van der Waals surface area contributed by atoms with Crippen molar-refractivity contribution in [2.24, 2.45) is 5.92 Å². The number of anilines is 1. The van der Waals surface area contributed by atoms with E-state index in [-0.39, 0.29) is 40.9 Å². The molecule has 1 atom stereocenters. The van der Waals surface area contributed by atoms with E-state index in [1.54, 1.807) is 13.0 Å². The van der Waals surface area contributed by atoms with Gasteiger partial charge in [-0.15, -0.1) is 0 Å². The molecule has 1 aromatic rings. The number of amides is 1. The predicted octanol–water partition coefficient (Wildman–Crippen LogP) is 1.20. The molecule has 0 saturated carbocycles. The lowest BCUT2D eigenvalue weighted by molar-refractivity contribution is -0.116. The largest absolute Gasteiger partial charge is 0.294 e. The Balaban J connectivity index is 1.95. The Hall–Kier alpha value is -1.21. The molecule has 0 aliphatic carbocycles. The number of nitrogens with one attached hydrogen (secondary N) is 1. The predicted molar refractivity (Wildman–Crippen MR) is 71.8 cm³/mol. The van der Waals surface area contributed by atoms with Crippen LogP contribution in [0.25, 0.3) is 0 Å². The minimum atomic E-state index is -2.96. The number of nitrogens with zero attached hydrogens (tertiary/aromatic N) is 2. The molecule has 1 aliphatic heterocycles. The molecule has 19 heavy (non-hydrogen) atoms. The Morgan fingerprint density at radius 3 is 2.84 bits per heavy atom. The van der Waals surface area contributed by atoms with Gasteiger partial charge in [-0.1, -0.05) is 11.6 Å². The van der Waals surface area contributed by atoms with Crippen molar-refractivity contribution in [2.75, 3.05) is 16.8 Å². The lowest BCUT2D eigenvalue weighted by atomic mass is 10.1. The van der Waals surface area contributed by atoms with Gasteiger partial charge in [0.25, 0.3) is 0 Å². The Kier molecular flexibility index (Phi) is 4.05. The molecule has 0 radical (unpaired) electrons. The van der Waals surface area contributed by atoms with Crippen molar-refractivity contribution < 1.29 is 13.2 Å². The zero-order chi connectivity index (χ0) is 14.0. The first kappa shape index (κ1) is 14.2. The van der Waals surface area contributed by atoms with Crippen molar-refractivity contribution in [1.29, 1.82) is 0 Å². The van der Waals surface area contributed by atoms with Crippen LogP contribution < -0.4 is 5.32 Å². The molecule has 1 amide bonds. The molecular formula is C11H14ClN3O3S. The van der Waals surface area contributed by atoms with E-state index in [0.717, 1.165) is 0 Å². The number of rotatable bonds is 3. The maximum atomic E-state index is 11.8. The fourth-order valence-electron chi connectivity index (χ4n) is 2.06. The lowest BCUT2D eigenvalue weighted by Crippen LogP contribution is -2.19. The molecule has 0 spiro atoms. The maximum absolute atomic E-state index is 11.8. The summed E-state index contributed by atoms with van der Waals surface area (Å²) in [6.45, 7) is 1.74. The number of sulfone groups is 1. The van der Waals surface area contributed by atoms with Gasteiger partial charge in [0.1, 0.15) is 5.15 Å². The molecule has 6 nitrogen and oxygen atoms in total. The number of carbonyl (C=O) groups is 1. The van der Waals surface area contributed by atoms with E-state index in [1.165, 1.54) is 0 Å². The standard InChI is InChI=1S/C11H14ClN3O3S/c1-7-4-9(12)14-11(13-7)15-10(16)5-8-2-3-19(17,18)6-8/h4,8H,2-3,5-6H2,1H3,(H,13,14,15,16). The van der Waals surface area contributed by atoms with Crippen molar-refractivity contribution >= 4 is 33.3 Å². The van der Waals surface area contributed by atoms with E-state index in [4.69, 9.17) is 11.6 Å². The summed E-state index contributed by atoms with van der Waals surface area (Å²) < 4.78 is 22.6. The SMILES string of the molecule is Cc1cc(Cl)nc(NC(=O)CC2CCS(=O)(=O)C2)n1. The summed E-state index contributed by atoms with van der Waals surface area (Å²) in [7, 11) is -2.96. The van der Waals surface area contributed by atoms with Crippen LogP contribution in [0, 0.1) is 12.8 Å². The average molecular weight is 304 g/mol. The highest BCUT2D eigenvalue weighted by Crippen LogP contribution is 2.22. The minimum Gasteiger partial charge on any atom is -0.294 e. The number of aromatic nitrogens is 2. The molecule has 0 aromatic carbocycles. The number of hydrogen-bond acceptors (Lipinski definition) is 5. The van der Waals surface area contributed by atoms with Crippen LogP contribution in [0.5, 0.6) is 0 Å². The fourth-order valence-corrected chi connectivity index (χ4v) is 4.16. The highest BCUT2D eigenvalue weighted by molar-refractivity contribution is 7.91. The van der Waals surface area contributed by atoms with E-state index in [9.17, 15) is 13.2 Å². The number of hydrogen-bond donors (Lipinski definition) is 1. The first-order chi connectivity index (χ1) is 8.84. The van der Waals surface area contributed by atoms with Crippen LogP contribution in [-0.2, 0) is 14.6 Å². The van der Waals surface area contributed by atoms with Gasteiger partial charge in [0.2, 0.25) is 11.9 Å². The number of aryl methyl sites for hydroxylation is 1. The molecule has 1 unspecified atom stereocenters. The van der Waals surface area contributed by atoms with Crippen LogP contribution in [0.1, 0.15) is 18.5 Å². The van der Waals surface area contributed by atoms with Gasteiger partial charge in [0.15, 0.2) is 9.84 Å². The Morgan fingerprint density at radius 2 is 2.26 bits per heavy atom. The molecule has 8 heteroatoms. The topological polar surface area (TPSA) is 89.0 Å². The highest BCUT2D eigenvalue weighted by atomic mass is 35.5. The third-order valence-corrected chi connectivity index (χ3v) is 4.91. The second-order valence-electron chi connectivity index (χ2n) is 4.68. The Bertz CT molecular complexity index is 583. The summed E-state index contributed by atoms with van der Waals surface area (Å²) in [6, 6.07) is 1.58. The Labute approximate surface area is 116 Å². The normalized spacial score (nSPS) is 21.3. The van der Waals surface area contributed by atoms with Crippen LogP contribution in [-0.4, -0.2) is 35.8 Å². The molecule has 2 heterocycles. The quantitative estimate of drug-likeness (QED) is 0.848. The molecule has 1 saturated heterocycles. The van der Waals surface area contributed by atoms with Gasteiger partial charge in [-0.25, -0.2) is 18.4 Å². The van der Waals surface area contributed by atoms with Gasteiger partial charge in [0.05, 0.1) is 11.5 Å². The third kappa shape index (κ3) is 4.14. The zero-order valence-electron chi connectivity index (χ0n) is 10.4. The van der Waals surface area contributed by atoms with Crippen molar-refractivity contribution in [3.05, 3.63) is 16.9 Å². The third-order valence-electron chi connectivity index (χ3n) is 2.87. The van der Waals surface area contributed by atoms with Crippen LogP contribution >= 0.6 is 11.6 Å². The van der Waals surface area contributed by atoms with Gasteiger partial charge in [0, 0.05) is 12.1 Å². The van der Waals surface area contributed by atoms with Crippen molar-refractivity contribution in [1.82, 2.24) is 9.97 Å². The second kappa shape index (κ2) is 5.42. The number of halogens is 1. The van der Waals surface area contributed by atoms with Crippen molar-refractivity contribution in [3.63, 3.8) is 0 Å². The second-order valence-corrected chi connectivity index (χ2v) is 7.29. The smallest absolute Gasteiger partial charge is 0.231 e. The summed E-state index contributed by atoms with van der Waals surface area (Å²) >= 11 is 5.76. The zero-order valence-corrected chi connectivity index (χ0v) is 12.0. The molecule has 0 bridgehead atoms.